The van der Waals surface area contributed by atoms with Crippen LogP contribution >= 0.6 is 0 Å². The number of nitrogens with zero attached hydrogens (tertiary/aromatic N) is 2. The fourth-order valence-corrected chi connectivity index (χ4v) is 3.76. The number of nitrogens with one attached hydrogen (secondary N) is 1. The molecule has 0 atom stereocenters. The lowest BCUT2D eigenvalue weighted by Gasteiger charge is -2.18. The van der Waals surface area contributed by atoms with E-state index in [-0.39, 0.29) is 5.91 Å². The van der Waals surface area contributed by atoms with E-state index >= 15 is 0 Å². The quantitative estimate of drug-likeness (QED) is 0.741. The summed E-state index contributed by atoms with van der Waals surface area (Å²) in [6.45, 7) is 0. The average molecular weight is 395 g/mol. The Bertz CT molecular complexity index is 1390. The molecular formula is C25H21N3O2. The fraction of sp³-hybridized carbons (Fsp3) is 0.120. The van der Waals surface area contributed by atoms with E-state index in [1.807, 2.05) is 74.8 Å². The first kappa shape index (κ1) is 18.2. The van der Waals surface area contributed by atoms with Gasteiger partial charge < -0.3 is 14.6 Å². The maximum atomic E-state index is 12.8. The highest BCUT2D eigenvalue weighted by Crippen LogP contribution is 2.18. The molecule has 148 valence electrons. The number of hydrogen-bond donors (Lipinski definition) is 1. The maximum Gasteiger partial charge on any atom is 0.274 e. The van der Waals surface area contributed by atoms with Crippen molar-refractivity contribution in [2.75, 3.05) is 14.1 Å². The summed E-state index contributed by atoms with van der Waals surface area (Å²) in [5.41, 5.74) is 6.10. The Morgan fingerprint density at radius 2 is 1.93 bits per heavy atom. The molecule has 0 unspecified atom stereocenters. The molecule has 0 saturated heterocycles. The van der Waals surface area contributed by atoms with Gasteiger partial charge in [-0.3, -0.25) is 9.78 Å². The predicted molar refractivity (Wildman–Crippen MR) is 119 cm³/mol. The number of aromatic nitrogens is 1. The highest BCUT2D eigenvalue weighted by molar-refractivity contribution is 5.98. The molecule has 2 heterocycles. The predicted octanol–water partition coefficient (Wildman–Crippen LogP) is 2.73. The molecule has 30 heavy (non-hydrogen) atoms. The second-order valence-corrected chi connectivity index (χ2v) is 7.61. The van der Waals surface area contributed by atoms with Crippen LogP contribution in [0.3, 0.4) is 0 Å². The van der Waals surface area contributed by atoms with Crippen LogP contribution in [0.5, 0.6) is 0 Å². The molecule has 5 rings (SSSR count). The average Bonchev–Trinajstić information content (AvgIpc) is 2.97. The normalized spacial score (nSPS) is 14.5. The minimum absolute atomic E-state index is 0.238. The Kier molecular flexibility index (Phi) is 4.36. The number of rotatable bonds is 3. The molecule has 0 saturated carbocycles. The van der Waals surface area contributed by atoms with Crippen LogP contribution in [-0.4, -0.2) is 29.9 Å². The molecule has 2 aromatic heterocycles. The Balaban J connectivity index is 1.46. The summed E-state index contributed by atoms with van der Waals surface area (Å²) >= 11 is 0. The first-order valence-electron chi connectivity index (χ1n) is 9.84. The van der Waals surface area contributed by atoms with E-state index in [4.69, 9.17) is 4.42 Å². The standard InChI is InChI=1S/C25H21N3O2/c1-28(2)19-10-11-24-21(14-19)20-13-18(8-5-9-23(20)30-24)27-25(29)22-12-16-6-3-4-7-17(16)15-26-22/h3-13,15H,14H2,1-2H3,(H,27,29). The van der Waals surface area contributed by atoms with Gasteiger partial charge in [0.1, 0.15) is 16.5 Å². The van der Waals surface area contributed by atoms with Gasteiger partial charge in [0.05, 0.1) is 0 Å². The van der Waals surface area contributed by atoms with Crippen LogP contribution in [0, 0.1) is 0 Å². The molecule has 0 bridgehead atoms. The van der Waals surface area contributed by atoms with Crippen molar-refractivity contribution in [1.82, 2.24) is 15.2 Å². The molecule has 3 aromatic rings. The number of amides is 1. The van der Waals surface area contributed by atoms with Crippen LogP contribution in [0.1, 0.15) is 21.6 Å². The first-order valence-corrected chi connectivity index (χ1v) is 9.84. The van der Waals surface area contributed by atoms with Crippen LogP contribution in [0.2, 0.25) is 0 Å². The van der Waals surface area contributed by atoms with Gasteiger partial charge in [-0.2, -0.15) is 0 Å². The van der Waals surface area contributed by atoms with Crippen LogP contribution in [0.4, 0.5) is 0 Å². The number of pyridine rings is 1. The van der Waals surface area contributed by atoms with E-state index in [1.165, 1.54) is 5.70 Å². The van der Waals surface area contributed by atoms with E-state index < -0.39 is 0 Å². The SMILES string of the molecule is CN(C)C1=CC=c2oc3c(c2C1)C=C(NC(=O)c1cc2ccccc2cn1)C=CC=3. The molecule has 5 heteroatoms. The van der Waals surface area contributed by atoms with Crippen molar-refractivity contribution in [1.29, 1.82) is 0 Å². The lowest BCUT2D eigenvalue weighted by molar-refractivity contribution is 0.0963. The lowest BCUT2D eigenvalue weighted by Crippen LogP contribution is -2.23. The minimum atomic E-state index is -0.238. The van der Waals surface area contributed by atoms with Crippen LogP contribution in [0.15, 0.2) is 70.6 Å². The third-order valence-electron chi connectivity index (χ3n) is 5.41. The highest BCUT2D eigenvalue weighted by atomic mass is 16.3. The van der Waals surface area contributed by atoms with Gasteiger partial charge in [0, 0.05) is 54.6 Å². The summed E-state index contributed by atoms with van der Waals surface area (Å²) < 4.78 is 6.03. The molecule has 1 amide bonds. The Morgan fingerprint density at radius 3 is 2.77 bits per heavy atom. The van der Waals surface area contributed by atoms with Gasteiger partial charge in [-0.25, -0.2) is 0 Å². The van der Waals surface area contributed by atoms with Crippen molar-refractivity contribution in [3.63, 3.8) is 0 Å². The molecular weight excluding hydrogens is 374 g/mol. The van der Waals surface area contributed by atoms with E-state index in [9.17, 15) is 4.79 Å². The minimum Gasteiger partial charge on any atom is -0.456 e. The molecule has 5 nitrogen and oxygen atoms in total. The number of furan rings is 1. The van der Waals surface area contributed by atoms with Crippen molar-refractivity contribution >= 4 is 34.9 Å². The van der Waals surface area contributed by atoms with Gasteiger partial charge in [-0.1, -0.05) is 30.3 Å². The summed E-state index contributed by atoms with van der Waals surface area (Å²) in [4.78, 5) is 19.3. The highest BCUT2D eigenvalue weighted by Gasteiger charge is 2.18. The summed E-state index contributed by atoms with van der Waals surface area (Å²) in [5.74, 6) is -0.238. The third kappa shape index (κ3) is 3.24. The van der Waals surface area contributed by atoms with Gasteiger partial charge in [-0.05, 0) is 41.8 Å². The molecule has 1 N–H and O–H groups in total. The molecule has 0 aliphatic heterocycles. The second-order valence-electron chi connectivity index (χ2n) is 7.61. The second kappa shape index (κ2) is 7.19. The van der Waals surface area contributed by atoms with Gasteiger partial charge >= 0.3 is 0 Å². The maximum absolute atomic E-state index is 12.8. The molecule has 0 radical (unpaired) electrons. The zero-order chi connectivity index (χ0) is 20.7. The van der Waals surface area contributed by atoms with Crippen molar-refractivity contribution in [2.24, 2.45) is 0 Å². The molecule has 0 spiro atoms. The van der Waals surface area contributed by atoms with Crippen molar-refractivity contribution in [3.05, 3.63) is 93.8 Å². The van der Waals surface area contributed by atoms with Gasteiger partial charge in [0.25, 0.3) is 5.91 Å². The van der Waals surface area contributed by atoms with Crippen LogP contribution in [0.25, 0.3) is 29.0 Å². The first-order chi connectivity index (χ1) is 14.6. The number of likely N-dealkylation sites (N-methyl/N-ethyl adjacent to an activating group) is 1. The van der Waals surface area contributed by atoms with Crippen molar-refractivity contribution in [2.45, 2.75) is 6.42 Å². The topological polar surface area (TPSA) is 58.4 Å². The van der Waals surface area contributed by atoms with Gasteiger partial charge in [0.2, 0.25) is 0 Å². The van der Waals surface area contributed by atoms with Gasteiger partial charge in [0.15, 0.2) is 0 Å². The van der Waals surface area contributed by atoms with Crippen molar-refractivity contribution < 1.29 is 9.21 Å². The molecule has 0 fully saturated rings. The van der Waals surface area contributed by atoms with E-state index in [2.05, 4.69) is 21.3 Å². The largest absolute Gasteiger partial charge is 0.456 e. The smallest absolute Gasteiger partial charge is 0.274 e. The summed E-state index contributed by atoms with van der Waals surface area (Å²) in [5, 5.41) is 4.98. The number of fused-ring (bicyclic) bond motifs is 4. The van der Waals surface area contributed by atoms with Crippen LogP contribution < -0.4 is 16.1 Å². The summed E-state index contributed by atoms with van der Waals surface area (Å²) in [7, 11) is 4.07. The molecule has 2 aliphatic carbocycles. The third-order valence-corrected chi connectivity index (χ3v) is 5.41. The van der Waals surface area contributed by atoms with E-state index in [0.29, 0.717) is 11.4 Å². The number of allylic oxidation sites excluding steroid dienone is 4. The zero-order valence-corrected chi connectivity index (χ0v) is 16.8. The Labute approximate surface area is 174 Å². The molecule has 2 aliphatic rings. The van der Waals surface area contributed by atoms with E-state index in [0.717, 1.165) is 39.2 Å². The fourth-order valence-electron chi connectivity index (χ4n) is 3.76. The monoisotopic (exact) mass is 395 g/mol. The Hall–Kier alpha value is -3.86. The molecule has 1 aromatic carbocycles. The van der Waals surface area contributed by atoms with Crippen molar-refractivity contribution in [3.8, 4) is 0 Å². The zero-order valence-electron chi connectivity index (χ0n) is 16.8. The van der Waals surface area contributed by atoms with E-state index in [1.54, 1.807) is 6.20 Å². The lowest BCUT2D eigenvalue weighted by atomic mass is 10.0. The summed E-state index contributed by atoms with van der Waals surface area (Å²) in [6, 6.07) is 9.68. The summed E-state index contributed by atoms with van der Waals surface area (Å²) in [6.07, 6.45) is 14.3. The number of carbonyl (C=O) groups excluding carboxylic acids is 1. The number of hydrogen-bond acceptors (Lipinski definition) is 4. The number of benzene rings is 1. The Morgan fingerprint density at radius 1 is 1.10 bits per heavy atom. The van der Waals surface area contributed by atoms with Crippen LogP contribution in [-0.2, 0) is 6.42 Å². The van der Waals surface area contributed by atoms with Gasteiger partial charge in [-0.15, -0.1) is 0 Å². The number of carbonyl (C=O) groups is 1.